The van der Waals surface area contributed by atoms with Gasteiger partial charge < -0.3 is 4.74 Å². The lowest BCUT2D eigenvalue weighted by molar-refractivity contribution is -0.163. The maximum Gasteiger partial charge on any atom is 0.331 e. The van der Waals surface area contributed by atoms with E-state index in [-0.39, 0.29) is 5.69 Å². The Labute approximate surface area is 184 Å². The summed E-state index contributed by atoms with van der Waals surface area (Å²) in [6, 6.07) is 11.0. The summed E-state index contributed by atoms with van der Waals surface area (Å²) in [5, 5.41) is 6.01. The first kappa shape index (κ1) is 20.4. The molecule has 2 aromatic rings. The Hall–Kier alpha value is -3.55. The third-order valence-electron chi connectivity index (χ3n) is 6.03. The van der Waals surface area contributed by atoms with Crippen LogP contribution < -0.4 is 4.90 Å². The van der Waals surface area contributed by atoms with Gasteiger partial charge in [0.15, 0.2) is 6.04 Å². The van der Waals surface area contributed by atoms with E-state index in [0.717, 1.165) is 16.0 Å². The maximum atomic E-state index is 13.6. The Morgan fingerprint density at radius 1 is 1.00 bits per heavy atom. The quantitative estimate of drug-likeness (QED) is 0.535. The fraction of sp³-hybridized carbons (Fsp3) is 0.333. The van der Waals surface area contributed by atoms with Crippen LogP contribution in [-0.4, -0.2) is 40.7 Å². The number of fused-ring (bicyclic) bond motifs is 5. The van der Waals surface area contributed by atoms with Crippen molar-refractivity contribution in [2.24, 2.45) is 16.9 Å². The third-order valence-corrected chi connectivity index (χ3v) is 6.03. The number of carbonyl (C=O) groups is 3. The van der Waals surface area contributed by atoms with E-state index in [2.05, 4.69) is 5.10 Å². The number of ether oxygens (including phenoxy) is 1. The van der Waals surface area contributed by atoms with Gasteiger partial charge in [0.1, 0.15) is 11.4 Å². The van der Waals surface area contributed by atoms with Crippen molar-refractivity contribution in [1.29, 1.82) is 0 Å². The SMILES string of the molecule is CC(C)(C)OC(=O)[C@H]1[C@H]2C(=O)N(c3ccc(F)cc3)C(=O)[C@H]2C2c3ccccc3C=NN21. The third kappa shape index (κ3) is 3.01. The van der Waals surface area contributed by atoms with Crippen molar-refractivity contribution in [1.82, 2.24) is 5.01 Å². The molecule has 1 unspecified atom stereocenters. The van der Waals surface area contributed by atoms with Crippen molar-refractivity contribution in [2.45, 2.75) is 38.5 Å². The second-order valence-electron chi connectivity index (χ2n) is 9.22. The smallest absolute Gasteiger partial charge is 0.331 e. The summed E-state index contributed by atoms with van der Waals surface area (Å²) >= 11 is 0. The molecule has 0 N–H and O–H groups in total. The molecule has 0 bridgehead atoms. The zero-order valence-electron chi connectivity index (χ0n) is 17.9. The highest BCUT2D eigenvalue weighted by Gasteiger charge is 2.66. The van der Waals surface area contributed by atoms with Gasteiger partial charge in [0.25, 0.3) is 0 Å². The standard InChI is InChI=1S/C24H22FN3O4/c1-24(2,3)32-23(31)20-18-17(19-16-7-5-4-6-13(16)12-26-28(19)20)21(29)27(22(18)30)15-10-8-14(25)9-11-15/h4-12,17-20H,1-3H3/t17-,18+,19?,20-/m1/s1. The number of halogens is 1. The Morgan fingerprint density at radius 2 is 1.66 bits per heavy atom. The average molecular weight is 435 g/mol. The number of esters is 1. The van der Waals surface area contributed by atoms with Crippen LogP contribution in [-0.2, 0) is 19.1 Å². The molecule has 32 heavy (non-hydrogen) atoms. The van der Waals surface area contributed by atoms with Gasteiger partial charge in [0, 0.05) is 0 Å². The van der Waals surface area contributed by atoms with Crippen LogP contribution in [0.15, 0.2) is 53.6 Å². The highest BCUT2D eigenvalue weighted by Crippen LogP contribution is 2.52. The molecule has 2 amide bonds. The maximum absolute atomic E-state index is 13.6. The van der Waals surface area contributed by atoms with Gasteiger partial charge in [-0.25, -0.2) is 14.1 Å². The van der Waals surface area contributed by atoms with Crippen molar-refractivity contribution in [2.75, 3.05) is 4.90 Å². The van der Waals surface area contributed by atoms with Gasteiger partial charge in [-0.3, -0.25) is 14.6 Å². The number of hydrogen-bond donors (Lipinski definition) is 0. The predicted octanol–water partition coefficient (Wildman–Crippen LogP) is 3.05. The molecular formula is C24H22FN3O4. The molecular weight excluding hydrogens is 413 g/mol. The van der Waals surface area contributed by atoms with E-state index in [0.29, 0.717) is 0 Å². The molecule has 4 atom stereocenters. The average Bonchev–Trinajstić information content (AvgIpc) is 3.21. The lowest BCUT2D eigenvalue weighted by Crippen LogP contribution is -2.46. The molecule has 164 valence electrons. The summed E-state index contributed by atoms with van der Waals surface area (Å²) in [6.45, 7) is 5.24. The van der Waals surface area contributed by atoms with Crippen molar-refractivity contribution in [3.8, 4) is 0 Å². The van der Waals surface area contributed by atoms with Gasteiger partial charge in [0.05, 0.1) is 29.8 Å². The number of hydrazone groups is 1. The van der Waals surface area contributed by atoms with Crippen LogP contribution in [0.25, 0.3) is 0 Å². The Bertz CT molecular complexity index is 1150. The number of carbonyl (C=O) groups excluding carboxylic acids is 3. The highest BCUT2D eigenvalue weighted by atomic mass is 19.1. The van der Waals surface area contributed by atoms with Gasteiger partial charge in [-0.1, -0.05) is 24.3 Å². The molecule has 0 spiro atoms. The Kier molecular flexibility index (Phi) is 4.44. The van der Waals surface area contributed by atoms with Crippen LogP contribution in [0.5, 0.6) is 0 Å². The number of nitrogens with zero attached hydrogens (tertiary/aromatic N) is 3. The number of rotatable bonds is 2. The summed E-state index contributed by atoms with van der Waals surface area (Å²) in [6.07, 6.45) is 1.64. The van der Waals surface area contributed by atoms with Crippen LogP contribution in [0, 0.1) is 17.7 Å². The summed E-state index contributed by atoms with van der Waals surface area (Å²) in [5.41, 5.74) is 1.16. The van der Waals surface area contributed by atoms with E-state index in [1.165, 1.54) is 24.3 Å². The fourth-order valence-electron chi connectivity index (χ4n) is 4.85. The molecule has 3 heterocycles. The zero-order chi connectivity index (χ0) is 22.8. The molecule has 3 aliphatic rings. The minimum atomic E-state index is -1.05. The summed E-state index contributed by atoms with van der Waals surface area (Å²) in [5.74, 6) is -3.79. The first-order valence-electron chi connectivity index (χ1n) is 10.4. The molecule has 0 aliphatic carbocycles. The highest BCUT2D eigenvalue weighted by molar-refractivity contribution is 6.23. The molecule has 7 nitrogen and oxygen atoms in total. The van der Waals surface area contributed by atoms with Crippen LogP contribution in [0.1, 0.15) is 37.9 Å². The van der Waals surface area contributed by atoms with Crippen molar-refractivity contribution >= 4 is 29.7 Å². The van der Waals surface area contributed by atoms with E-state index in [1.54, 1.807) is 32.0 Å². The second kappa shape index (κ2) is 6.98. The molecule has 2 aromatic carbocycles. The summed E-state index contributed by atoms with van der Waals surface area (Å²) in [7, 11) is 0. The molecule has 2 saturated heterocycles. The summed E-state index contributed by atoms with van der Waals surface area (Å²) < 4.78 is 19.1. The topological polar surface area (TPSA) is 79.3 Å². The largest absolute Gasteiger partial charge is 0.458 e. The van der Waals surface area contributed by atoms with Gasteiger partial charge in [-0.2, -0.15) is 5.10 Å². The summed E-state index contributed by atoms with van der Waals surface area (Å²) in [4.78, 5) is 41.4. The lowest BCUT2D eigenvalue weighted by atomic mass is 9.85. The number of amides is 2. The molecule has 0 saturated carbocycles. The van der Waals surface area contributed by atoms with Crippen molar-refractivity contribution < 1.29 is 23.5 Å². The van der Waals surface area contributed by atoms with Gasteiger partial charge in [0.2, 0.25) is 11.8 Å². The van der Waals surface area contributed by atoms with E-state index in [9.17, 15) is 18.8 Å². The molecule has 3 aliphatic heterocycles. The number of imide groups is 1. The Balaban J connectivity index is 1.62. The van der Waals surface area contributed by atoms with E-state index in [4.69, 9.17) is 4.74 Å². The number of anilines is 1. The lowest BCUT2D eigenvalue weighted by Gasteiger charge is -2.34. The zero-order valence-corrected chi connectivity index (χ0v) is 17.9. The monoisotopic (exact) mass is 435 g/mol. The van der Waals surface area contributed by atoms with Crippen LogP contribution >= 0.6 is 0 Å². The minimum absolute atomic E-state index is 0.276. The molecule has 0 aromatic heterocycles. The first-order chi connectivity index (χ1) is 15.2. The fourth-order valence-corrected chi connectivity index (χ4v) is 4.85. The second-order valence-corrected chi connectivity index (χ2v) is 9.22. The predicted molar refractivity (Wildman–Crippen MR) is 114 cm³/mol. The van der Waals surface area contributed by atoms with Gasteiger partial charge in [-0.05, 0) is 56.2 Å². The van der Waals surface area contributed by atoms with Crippen LogP contribution in [0.2, 0.25) is 0 Å². The van der Waals surface area contributed by atoms with E-state index in [1.807, 2.05) is 24.3 Å². The van der Waals surface area contributed by atoms with Crippen molar-refractivity contribution in [3.63, 3.8) is 0 Å². The molecule has 2 fully saturated rings. The minimum Gasteiger partial charge on any atom is -0.458 e. The van der Waals surface area contributed by atoms with E-state index >= 15 is 0 Å². The van der Waals surface area contributed by atoms with Gasteiger partial charge >= 0.3 is 5.97 Å². The number of hydrogen-bond acceptors (Lipinski definition) is 6. The first-order valence-corrected chi connectivity index (χ1v) is 10.4. The molecule has 0 radical (unpaired) electrons. The normalized spacial score (nSPS) is 26.1. The van der Waals surface area contributed by atoms with E-state index < -0.39 is 53.1 Å². The Morgan fingerprint density at radius 3 is 2.34 bits per heavy atom. The molecule has 8 heteroatoms. The van der Waals surface area contributed by atoms with Crippen molar-refractivity contribution in [3.05, 3.63) is 65.5 Å². The molecule has 5 rings (SSSR count). The number of benzene rings is 2. The van der Waals surface area contributed by atoms with Crippen LogP contribution in [0.3, 0.4) is 0 Å². The van der Waals surface area contributed by atoms with Gasteiger partial charge in [-0.15, -0.1) is 0 Å². The van der Waals surface area contributed by atoms with Crippen LogP contribution in [0.4, 0.5) is 10.1 Å².